The molecule has 3 rings (SSSR count). The van der Waals surface area contributed by atoms with Gasteiger partial charge in [0, 0.05) is 36.0 Å². The number of pyridine rings is 2. The van der Waals surface area contributed by atoms with E-state index in [-0.39, 0.29) is 33.5 Å². The summed E-state index contributed by atoms with van der Waals surface area (Å²) in [5.74, 6) is -1.37. The number of aromatic nitrogens is 3. The van der Waals surface area contributed by atoms with Crippen LogP contribution in [-0.4, -0.2) is 46.2 Å². The van der Waals surface area contributed by atoms with Crippen molar-refractivity contribution in [3.63, 3.8) is 0 Å². The van der Waals surface area contributed by atoms with Crippen LogP contribution in [0.2, 0.25) is 10.0 Å². The number of nitrogens with zero attached hydrogens (tertiary/aromatic N) is 3. The predicted octanol–water partition coefficient (Wildman–Crippen LogP) is 4.17. The monoisotopic (exact) mass is 493 g/mol. The van der Waals surface area contributed by atoms with Crippen molar-refractivity contribution < 1.29 is 28.6 Å². The quantitative estimate of drug-likeness (QED) is 0.274. The summed E-state index contributed by atoms with van der Waals surface area (Å²) < 4.78 is 16.5. The molecule has 3 heterocycles. The fourth-order valence-corrected chi connectivity index (χ4v) is 3.33. The lowest BCUT2D eigenvalue weighted by Gasteiger charge is -2.15. The maximum Gasteiger partial charge on any atom is 0.361 e. The van der Waals surface area contributed by atoms with E-state index in [1.54, 1.807) is 32.9 Å². The van der Waals surface area contributed by atoms with E-state index in [9.17, 15) is 14.4 Å². The normalized spacial score (nSPS) is 11.3. The maximum atomic E-state index is 13.1. The van der Waals surface area contributed by atoms with Crippen molar-refractivity contribution in [2.75, 3.05) is 13.9 Å². The van der Waals surface area contributed by atoms with Crippen LogP contribution in [0, 0.1) is 5.41 Å². The molecule has 0 radical (unpaired) electrons. The van der Waals surface area contributed by atoms with Gasteiger partial charge in [-0.05, 0) is 32.9 Å². The summed E-state index contributed by atoms with van der Waals surface area (Å²) in [5.41, 5.74) is 0.191. The van der Waals surface area contributed by atoms with Crippen molar-refractivity contribution in [1.29, 1.82) is 0 Å². The van der Waals surface area contributed by atoms with Gasteiger partial charge in [0.1, 0.15) is 0 Å². The Morgan fingerprint density at radius 1 is 1.06 bits per heavy atom. The number of halogens is 2. The molecule has 0 saturated carbocycles. The molecule has 0 atom stereocenters. The van der Waals surface area contributed by atoms with Crippen molar-refractivity contribution >= 4 is 46.4 Å². The number of ketones is 1. The molecule has 0 unspecified atom stereocenters. The highest BCUT2D eigenvalue weighted by Crippen LogP contribution is 2.27. The number of hydrogen-bond acceptors (Lipinski definition) is 8. The second-order valence-electron chi connectivity index (χ2n) is 8.03. The van der Waals surface area contributed by atoms with Gasteiger partial charge in [-0.2, -0.15) is 9.61 Å². The number of ether oxygens (including phenoxy) is 3. The van der Waals surface area contributed by atoms with E-state index in [1.807, 2.05) is 0 Å². The van der Waals surface area contributed by atoms with Crippen LogP contribution in [0.4, 0.5) is 0 Å². The van der Waals surface area contributed by atoms with Crippen molar-refractivity contribution in [3.8, 4) is 5.88 Å². The molecule has 0 amide bonds. The lowest BCUT2D eigenvalue weighted by Crippen LogP contribution is -2.24. The van der Waals surface area contributed by atoms with Gasteiger partial charge in [-0.1, -0.05) is 23.2 Å². The first-order valence-electron chi connectivity index (χ1n) is 9.75. The summed E-state index contributed by atoms with van der Waals surface area (Å²) in [5, 5.41) is 4.71. The molecule has 0 aliphatic heterocycles. The molecule has 3 aromatic rings. The fourth-order valence-electron chi connectivity index (χ4n) is 2.83. The Balaban J connectivity index is 1.87. The molecule has 0 N–H and O–H groups in total. The van der Waals surface area contributed by atoms with E-state index in [0.29, 0.717) is 17.0 Å². The predicted molar refractivity (Wildman–Crippen MR) is 120 cm³/mol. The van der Waals surface area contributed by atoms with Gasteiger partial charge in [-0.25, -0.2) is 4.79 Å². The number of esters is 2. The molecule has 33 heavy (non-hydrogen) atoms. The van der Waals surface area contributed by atoms with Gasteiger partial charge in [-0.3, -0.25) is 14.6 Å². The Hall–Kier alpha value is -3.17. The molecule has 3 aromatic heterocycles. The van der Waals surface area contributed by atoms with Crippen molar-refractivity contribution in [2.45, 2.75) is 27.2 Å². The molecule has 0 aromatic carbocycles. The minimum absolute atomic E-state index is 0.0874. The summed E-state index contributed by atoms with van der Waals surface area (Å²) in [6.07, 6.45) is 2.72. The number of carbonyl (C=O) groups excluding carboxylic acids is 3. The Morgan fingerprint density at radius 2 is 1.73 bits per heavy atom. The fraction of sp³-hybridized carbons (Fsp3) is 0.318. The van der Waals surface area contributed by atoms with Gasteiger partial charge in [0.15, 0.2) is 11.5 Å². The number of hydrogen-bond donors (Lipinski definition) is 0. The first-order valence-corrected chi connectivity index (χ1v) is 10.5. The van der Waals surface area contributed by atoms with E-state index in [2.05, 4.69) is 10.1 Å². The van der Waals surface area contributed by atoms with Crippen LogP contribution in [-0.2, 0) is 20.7 Å². The average molecular weight is 494 g/mol. The van der Waals surface area contributed by atoms with E-state index in [1.165, 1.54) is 30.1 Å². The Bertz CT molecular complexity index is 1210. The summed E-state index contributed by atoms with van der Waals surface area (Å²) in [6, 6.07) is 4.49. The zero-order valence-corrected chi connectivity index (χ0v) is 19.9. The van der Waals surface area contributed by atoms with Gasteiger partial charge >= 0.3 is 11.9 Å². The maximum absolute atomic E-state index is 13.1. The van der Waals surface area contributed by atoms with E-state index in [4.69, 9.17) is 37.4 Å². The Labute approximate surface area is 199 Å². The first kappa shape index (κ1) is 24.5. The molecule has 174 valence electrons. The minimum atomic E-state index is -0.832. The minimum Gasteiger partial charge on any atom is -0.481 e. The molecule has 0 saturated heterocycles. The molecule has 0 spiro atoms. The van der Waals surface area contributed by atoms with Crippen molar-refractivity contribution in [2.24, 2.45) is 5.41 Å². The third-order valence-corrected chi connectivity index (χ3v) is 5.24. The van der Waals surface area contributed by atoms with Crippen LogP contribution in [0.5, 0.6) is 5.88 Å². The van der Waals surface area contributed by atoms with Crippen molar-refractivity contribution in [3.05, 3.63) is 57.5 Å². The van der Waals surface area contributed by atoms with Crippen LogP contribution >= 0.6 is 23.2 Å². The van der Waals surface area contributed by atoms with Crippen LogP contribution in [0.3, 0.4) is 0 Å². The van der Waals surface area contributed by atoms with E-state index >= 15 is 0 Å². The second kappa shape index (κ2) is 9.76. The highest BCUT2D eigenvalue weighted by molar-refractivity contribution is 6.36. The Morgan fingerprint density at radius 3 is 2.33 bits per heavy atom. The molecule has 0 fully saturated rings. The summed E-state index contributed by atoms with van der Waals surface area (Å²) in [4.78, 5) is 41.2. The van der Waals surface area contributed by atoms with E-state index < -0.39 is 24.1 Å². The Kier molecular flexibility index (Phi) is 7.24. The molecular weight excluding hydrogens is 473 g/mol. The third-order valence-electron chi connectivity index (χ3n) is 4.59. The average Bonchev–Trinajstić information content (AvgIpc) is 3.20. The molecule has 9 nitrogen and oxygen atoms in total. The van der Waals surface area contributed by atoms with Gasteiger partial charge in [0.05, 0.1) is 28.1 Å². The van der Waals surface area contributed by atoms with Crippen LogP contribution < -0.4 is 4.74 Å². The topological polar surface area (TPSA) is 109 Å². The van der Waals surface area contributed by atoms with Crippen LogP contribution in [0.15, 0.2) is 30.6 Å². The zero-order valence-electron chi connectivity index (χ0n) is 18.3. The zero-order chi connectivity index (χ0) is 24.3. The van der Waals surface area contributed by atoms with Gasteiger partial charge < -0.3 is 14.2 Å². The van der Waals surface area contributed by atoms with Crippen LogP contribution in [0.25, 0.3) is 5.52 Å². The summed E-state index contributed by atoms with van der Waals surface area (Å²) in [7, 11) is 1.43. The number of rotatable bonds is 7. The molecule has 0 aliphatic carbocycles. The second-order valence-corrected chi connectivity index (χ2v) is 8.84. The SMILES string of the molecule is COc1ccc(C(=O)Cc2c(Cl)cncc2Cl)c2cc(C(=O)OCOC(=O)C(C)(C)C)nn12. The third kappa shape index (κ3) is 5.43. The first-order chi connectivity index (χ1) is 15.5. The van der Waals surface area contributed by atoms with E-state index in [0.717, 1.165) is 0 Å². The lowest BCUT2D eigenvalue weighted by molar-refractivity contribution is -0.161. The molecular formula is C22H21Cl2N3O6. The molecule has 0 bridgehead atoms. The largest absolute Gasteiger partial charge is 0.481 e. The number of fused-ring (bicyclic) bond motifs is 1. The molecule has 11 heteroatoms. The highest BCUT2D eigenvalue weighted by Gasteiger charge is 2.24. The van der Waals surface area contributed by atoms with Gasteiger partial charge in [-0.15, -0.1) is 0 Å². The van der Waals surface area contributed by atoms with Gasteiger partial charge in [0.2, 0.25) is 12.7 Å². The van der Waals surface area contributed by atoms with Crippen LogP contribution in [0.1, 0.15) is 47.2 Å². The molecule has 0 aliphatic rings. The summed E-state index contributed by atoms with van der Waals surface area (Å²) >= 11 is 12.3. The van der Waals surface area contributed by atoms with Crippen molar-refractivity contribution in [1.82, 2.24) is 14.6 Å². The number of carbonyl (C=O) groups is 3. The smallest absolute Gasteiger partial charge is 0.361 e. The highest BCUT2D eigenvalue weighted by atomic mass is 35.5. The number of Topliss-reactive ketones (excluding diaryl/α,β-unsaturated/α-hetero) is 1. The lowest BCUT2D eigenvalue weighted by atomic mass is 9.98. The number of methoxy groups -OCH3 is 1. The standard InChI is InChI=1S/C22H21Cl2N3O6/c1-22(2,3)21(30)33-11-32-20(29)16-8-17-12(5-6-19(31-4)27(17)26-16)18(28)7-13-14(23)9-25-10-15(13)24/h5-6,8-10H,7,11H2,1-4H3. The summed E-state index contributed by atoms with van der Waals surface area (Å²) in [6.45, 7) is 4.47. The van der Waals surface area contributed by atoms with Gasteiger partial charge in [0.25, 0.3) is 0 Å².